The summed E-state index contributed by atoms with van der Waals surface area (Å²) in [6.07, 6.45) is 9.13. The molecule has 31 heavy (non-hydrogen) atoms. The molecule has 0 fully saturated rings. The summed E-state index contributed by atoms with van der Waals surface area (Å²) < 4.78 is 6.90. The molecule has 3 aromatic rings. The number of rotatable bonds is 5. The zero-order valence-electron chi connectivity index (χ0n) is 18.9. The summed E-state index contributed by atoms with van der Waals surface area (Å²) in [6, 6.07) is 12.7. The Labute approximate surface area is 219 Å². The summed E-state index contributed by atoms with van der Waals surface area (Å²) in [6.45, 7) is 11.9. The van der Waals surface area contributed by atoms with E-state index in [9.17, 15) is 0 Å². The van der Waals surface area contributed by atoms with Gasteiger partial charge in [-0.25, -0.2) is 0 Å². The van der Waals surface area contributed by atoms with Crippen LogP contribution in [0.4, 0.5) is 0 Å². The van der Waals surface area contributed by atoms with Crippen molar-refractivity contribution < 1.29 is 55.4 Å². The van der Waals surface area contributed by atoms with Crippen molar-refractivity contribution in [3.05, 3.63) is 54.1 Å². The standard InChI is InChI=1S/C25H29OSi2.2ClH.Zr/c1-6-15-28(5)24-20-16-18-13-9-10-14-19(18)22(20)23(26-27(2,3)4)21(25(24)28)17-11-7-8-12-17;;;/h7-11,13-14,16H,6,12,15H2,1-5H3;2*1H;/q-1;;;+3/p-2. The first kappa shape index (κ1) is 26.7. The summed E-state index contributed by atoms with van der Waals surface area (Å²) in [5, 5.41) is 9.00. The summed E-state index contributed by atoms with van der Waals surface area (Å²) >= 11 is 0. The Hall–Kier alpha value is -0.513. The first-order chi connectivity index (χ1) is 13.3. The van der Waals surface area contributed by atoms with Gasteiger partial charge in [-0.3, -0.25) is 0 Å². The molecule has 161 valence electrons. The zero-order chi connectivity index (χ0) is 19.7. The monoisotopic (exact) mass is 561 g/mol. The fourth-order valence-corrected chi connectivity index (χ4v) is 10.9. The van der Waals surface area contributed by atoms with Crippen molar-refractivity contribution in [1.29, 1.82) is 0 Å². The van der Waals surface area contributed by atoms with E-state index in [0.29, 0.717) is 0 Å². The van der Waals surface area contributed by atoms with Crippen molar-refractivity contribution in [2.24, 2.45) is 0 Å². The van der Waals surface area contributed by atoms with E-state index in [1.807, 2.05) is 0 Å². The van der Waals surface area contributed by atoms with Crippen LogP contribution in [0.2, 0.25) is 32.2 Å². The van der Waals surface area contributed by atoms with Gasteiger partial charge in [-0.2, -0.15) is 0 Å². The van der Waals surface area contributed by atoms with E-state index in [1.54, 1.807) is 10.4 Å². The first-order valence-electron chi connectivity index (χ1n) is 10.6. The molecule has 1 heterocycles. The van der Waals surface area contributed by atoms with Crippen LogP contribution in [0.3, 0.4) is 0 Å². The van der Waals surface area contributed by atoms with E-state index in [1.165, 1.54) is 50.9 Å². The molecule has 0 amide bonds. The third-order valence-electron chi connectivity index (χ3n) is 6.31. The number of hydrogen-bond acceptors (Lipinski definition) is 1. The van der Waals surface area contributed by atoms with Gasteiger partial charge in [0.05, 0.1) is 13.8 Å². The average Bonchev–Trinajstić information content (AvgIpc) is 3.02. The van der Waals surface area contributed by atoms with Crippen molar-refractivity contribution in [1.82, 2.24) is 0 Å². The molecule has 2 aliphatic rings. The zero-order valence-corrected chi connectivity index (χ0v) is 24.9. The van der Waals surface area contributed by atoms with E-state index in [4.69, 9.17) is 4.43 Å². The molecule has 6 heteroatoms. The van der Waals surface area contributed by atoms with Crippen LogP contribution < -0.4 is 39.6 Å². The molecule has 1 nitrogen and oxygen atoms in total. The van der Waals surface area contributed by atoms with Crippen molar-refractivity contribution >= 4 is 53.9 Å². The van der Waals surface area contributed by atoms with Crippen LogP contribution in [0.25, 0.3) is 27.1 Å². The molecule has 1 unspecified atom stereocenters. The maximum absolute atomic E-state index is 6.90. The summed E-state index contributed by atoms with van der Waals surface area (Å²) in [5.74, 6) is 1.19. The normalized spacial score (nSPS) is 18.7. The van der Waals surface area contributed by atoms with E-state index in [2.05, 4.69) is 81.7 Å². The van der Waals surface area contributed by atoms with Crippen LogP contribution in [0.5, 0.6) is 5.75 Å². The van der Waals surface area contributed by atoms with Crippen LogP contribution in [0, 0.1) is 0 Å². The van der Waals surface area contributed by atoms with Crippen LogP contribution in [-0.4, -0.2) is 16.4 Å². The Morgan fingerprint density at radius 1 is 1.10 bits per heavy atom. The second-order valence-electron chi connectivity index (χ2n) is 9.60. The summed E-state index contributed by atoms with van der Waals surface area (Å²) in [4.78, 5) is 0. The van der Waals surface area contributed by atoms with Gasteiger partial charge in [0, 0.05) is 5.56 Å². The number of benzene rings is 2. The van der Waals surface area contributed by atoms with Crippen molar-refractivity contribution in [3.63, 3.8) is 0 Å². The molecular weight excluding hydrogens is 535 g/mol. The average molecular weight is 564 g/mol. The maximum atomic E-state index is 6.90. The number of allylic oxidation sites excluding steroid dienone is 4. The van der Waals surface area contributed by atoms with Gasteiger partial charge in [-0.15, -0.1) is 33.5 Å². The molecule has 0 spiro atoms. The van der Waals surface area contributed by atoms with Crippen LogP contribution in [0.15, 0.2) is 48.6 Å². The van der Waals surface area contributed by atoms with E-state index < -0.39 is 16.4 Å². The van der Waals surface area contributed by atoms with Gasteiger partial charge in [-0.1, -0.05) is 72.9 Å². The van der Waals surface area contributed by atoms with Crippen LogP contribution >= 0.6 is 0 Å². The minimum Gasteiger partial charge on any atom is -1.00 e. The topological polar surface area (TPSA) is 9.23 Å². The molecule has 5 rings (SSSR count). The van der Waals surface area contributed by atoms with Crippen molar-refractivity contribution in [3.8, 4) is 5.75 Å². The fraction of sp³-hybridized carbons (Fsp3) is 0.320. The molecule has 0 N–H and O–H groups in total. The summed E-state index contributed by atoms with van der Waals surface area (Å²) in [7, 11) is -3.28. The van der Waals surface area contributed by atoms with Gasteiger partial charge in [-0.05, 0) is 31.6 Å². The second kappa shape index (κ2) is 9.39. The molecule has 1 atom stereocenters. The molecular formula is C25H29Cl2OSi2Zr. The van der Waals surface area contributed by atoms with Gasteiger partial charge in [0.1, 0.15) is 0 Å². The largest absolute Gasteiger partial charge is 3.00 e. The van der Waals surface area contributed by atoms with Gasteiger partial charge < -0.3 is 29.2 Å². The molecule has 1 radical (unpaired) electrons. The number of hydrogen-bond donors (Lipinski definition) is 0. The third-order valence-corrected chi connectivity index (χ3v) is 11.6. The second-order valence-corrected chi connectivity index (χ2v) is 18.2. The Kier molecular flexibility index (Phi) is 8.10. The van der Waals surface area contributed by atoms with Crippen molar-refractivity contribution in [2.45, 2.75) is 52.0 Å². The minimum atomic E-state index is -1.76. The fourth-order valence-electron chi connectivity index (χ4n) is 5.25. The molecule has 0 bridgehead atoms. The molecule has 0 saturated carbocycles. The Bertz CT molecular complexity index is 1190. The predicted octanol–water partition coefficient (Wildman–Crippen LogP) is 0.191. The van der Waals surface area contributed by atoms with E-state index in [0.717, 1.165) is 6.42 Å². The maximum Gasteiger partial charge on any atom is 3.00 e. The molecule has 0 saturated heterocycles. The quantitative estimate of drug-likeness (QED) is 0.318. The SMILES string of the molecule is CCC[Si]1(C)c2c(C3=CC=CC3)c(O[Si](C)(C)C)c3c([cH-]c4ccccc43)c21.[Cl-].[Cl-].[Zr+3]. The van der Waals surface area contributed by atoms with Gasteiger partial charge >= 0.3 is 26.2 Å². The number of halogens is 2. The number of fused-ring (bicyclic) bond motifs is 5. The smallest absolute Gasteiger partial charge is 1.00 e. The summed E-state index contributed by atoms with van der Waals surface area (Å²) in [5.41, 5.74) is 2.93. The van der Waals surface area contributed by atoms with Gasteiger partial charge in [0.25, 0.3) is 0 Å². The van der Waals surface area contributed by atoms with E-state index >= 15 is 0 Å². The molecule has 3 aromatic carbocycles. The van der Waals surface area contributed by atoms with Crippen LogP contribution in [0.1, 0.15) is 25.3 Å². The van der Waals surface area contributed by atoms with Gasteiger partial charge in [0.2, 0.25) is 8.32 Å². The molecule has 1 aliphatic heterocycles. The van der Waals surface area contributed by atoms with Crippen LogP contribution in [-0.2, 0) is 26.2 Å². The molecule has 1 aliphatic carbocycles. The Morgan fingerprint density at radius 3 is 2.42 bits per heavy atom. The predicted molar refractivity (Wildman–Crippen MR) is 129 cm³/mol. The third kappa shape index (κ3) is 4.24. The molecule has 0 aromatic heterocycles. The Balaban J connectivity index is 0.00000114. The van der Waals surface area contributed by atoms with E-state index in [-0.39, 0.29) is 51.0 Å². The first-order valence-corrected chi connectivity index (χ1v) is 16.7. The van der Waals surface area contributed by atoms with Gasteiger partial charge in [0.15, 0.2) is 0 Å². The van der Waals surface area contributed by atoms with Crippen molar-refractivity contribution in [2.75, 3.05) is 0 Å². The minimum absolute atomic E-state index is 0. The Morgan fingerprint density at radius 2 is 1.81 bits per heavy atom.